The summed E-state index contributed by atoms with van der Waals surface area (Å²) in [6, 6.07) is 0. The zero-order chi connectivity index (χ0) is 13.4. The summed E-state index contributed by atoms with van der Waals surface area (Å²) >= 11 is 5.01. The van der Waals surface area contributed by atoms with Crippen LogP contribution >= 0.6 is 12.2 Å². The third kappa shape index (κ3) is 2.60. The highest BCUT2D eigenvalue weighted by Gasteiger charge is 2.54. The Morgan fingerprint density at radius 1 is 1.39 bits per heavy atom. The van der Waals surface area contributed by atoms with Crippen LogP contribution in [0, 0.1) is 4.77 Å². The molecule has 0 bridgehead atoms. The number of hydrogen-bond acceptors (Lipinski definition) is 3. The Hall–Kier alpha value is -0.860. The van der Waals surface area contributed by atoms with Gasteiger partial charge in [-0.15, -0.1) is 0 Å². The topological polar surface area (TPSA) is 44.2 Å². The van der Waals surface area contributed by atoms with E-state index in [1.54, 1.807) is 17.0 Å². The second kappa shape index (κ2) is 4.67. The highest BCUT2D eigenvalue weighted by atomic mass is 32.1. The number of likely N-dealkylation sites (tertiary alicyclic amines) is 1. The molecule has 1 aromatic rings. The molecule has 1 aliphatic heterocycles. The molecule has 102 valence electrons. The van der Waals surface area contributed by atoms with Crippen LogP contribution in [-0.2, 0) is 6.67 Å². The minimum atomic E-state index is -4.55. The Kier molecular flexibility index (Phi) is 3.52. The van der Waals surface area contributed by atoms with Crippen molar-refractivity contribution >= 4 is 12.2 Å². The van der Waals surface area contributed by atoms with Crippen LogP contribution in [0.15, 0.2) is 12.4 Å². The van der Waals surface area contributed by atoms with E-state index in [4.69, 9.17) is 12.2 Å². The number of hydrogen-bond donors (Lipinski definition) is 2. The molecule has 0 spiro atoms. The Labute approximate surface area is 107 Å². The van der Waals surface area contributed by atoms with Crippen molar-refractivity contribution in [2.24, 2.45) is 0 Å². The van der Waals surface area contributed by atoms with Crippen LogP contribution < -0.4 is 0 Å². The van der Waals surface area contributed by atoms with Gasteiger partial charge in [0.15, 0.2) is 10.4 Å². The molecule has 0 aliphatic carbocycles. The molecule has 0 saturated carbocycles. The van der Waals surface area contributed by atoms with Crippen LogP contribution in [0.5, 0.6) is 0 Å². The maximum atomic E-state index is 12.6. The number of halogens is 3. The van der Waals surface area contributed by atoms with Gasteiger partial charge in [-0.1, -0.05) is 0 Å². The highest BCUT2D eigenvalue weighted by molar-refractivity contribution is 7.71. The van der Waals surface area contributed by atoms with Crippen molar-refractivity contribution in [3.05, 3.63) is 17.2 Å². The second-order valence-electron chi connectivity index (χ2n) is 4.52. The van der Waals surface area contributed by atoms with Crippen LogP contribution in [0.2, 0.25) is 0 Å². The summed E-state index contributed by atoms with van der Waals surface area (Å²) < 4.78 is 40.1. The lowest BCUT2D eigenvalue weighted by molar-refractivity contribution is -0.273. The molecule has 1 aliphatic rings. The number of H-pyrrole nitrogens is 1. The molecule has 2 heterocycles. The van der Waals surface area contributed by atoms with Crippen molar-refractivity contribution in [2.45, 2.75) is 31.3 Å². The average molecular weight is 281 g/mol. The van der Waals surface area contributed by atoms with Crippen molar-refractivity contribution < 1.29 is 18.3 Å². The average Bonchev–Trinajstić information content (AvgIpc) is 2.66. The van der Waals surface area contributed by atoms with Crippen LogP contribution in [0.4, 0.5) is 13.2 Å². The van der Waals surface area contributed by atoms with Gasteiger partial charge in [0, 0.05) is 25.5 Å². The molecule has 18 heavy (non-hydrogen) atoms. The van der Waals surface area contributed by atoms with Crippen molar-refractivity contribution in [2.75, 3.05) is 13.1 Å². The number of imidazole rings is 1. The number of alkyl halides is 3. The number of piperidine rings is 1. The monoisotopic (exact) mass is 281 g/mol. The lowest BCUT2D eigenvalue weighted by Gasteiger charge is -2.39. The largest absolute Gasteiger partial charge is 0.417 e. The third-order valence-electron chi connectivity index (χ3n) is 3.29. The first-order chi connectivity index (χ1) is 8.32. The van der Waals surface area contributed by atoms with Gasteiger partial charge in [-0.2, -0.15) is 13.2 Å². The number of aromatic nitrogens is 2. The van der Waals surface area contributed by atoms with Gasteiger partial charge in [0.2, 0.25) is 0 Å². The molecular formula is C10H14F3N3OS. The number of aliphatic hydroxyl groups is 1. The standard InChI is InChI=1S/C10H14F3N3OS/c11-10(12,13)9(17)1-4-15(5-2-9)7-16-6-3-14-8(16)18/h3,6,17H,1-2,4-5,7H2,(H,14,18). The van der Waals surface area contributed by atoms with Crippen molar-refractivity contribution in [1.29, 1.82) is 0 Å². The zero-order valence-electron chi connectivity index (χ0n) is 9.57. The van der Waals surface area contributed by atoms with Gasteiger partial charge in [-0.25, -0.2) is 0 Å². The molecule has 0 radical (unpaired) electrons. The fourth-order valence-corrected chi connectivity index (χ4v) is 2.21. The number of nitrogens with one attached hydrogen (secondary N) is 1. The lowest BCUT2D eigenvalue weighted by Crippen LogP contribution is -2.53. The molecule has 4 nitrogen and oxygen atoms in total. The van der Waals surface area contributed by atoms with E-state index >= 15 is 0 Å². The number of aromatic amines is 1. The van der Waals surface area contributed by atoms with Crippen molar-refractivity contribution in [1.82, 2.24) is 14.5 Å². The third-order valence-corrected chi connectivity index (χ3v) is 3.64. The van der Waals surface area contributed by atoms with E-state index in [1.165, 1.54) is 0 Å². The van der Waals surface area contributed by atoms with Gasteiger partial charge in [-0.05, 0) is 25.1 Å². The Morgan fingerprint density at radius 2 is 2.00 bits per heavy atom. The van der Waals surface area contributed by atoms with E-state index in [9.17, 15) is 18.3 Å². The summed E-state index contributed by atoms with van der Waals surface area (Å²) in [4.78, 5) is 4.66. The highest BCUT2D eigenvalue weighted by Crippen LogP contribution is 2.38. The normalized spacial score (nSPS) is 21.1. The first-order valence-electron chi connectivity index (χ1n) is 5.57. The van der Waals surface area contributed by atoms with E-state index in [1.807, 2.05) is 4.90 Å². The van der Waals surface area contributed by atoms with Crippen LogP contribution in [-0.4, -0.2) is 44.4 Å². The summed E-state index contributed by atoms with van der Waals surface area (Å²) in [5.74, 6) is 0. The van der Waals surface area contributed by atoms with Crippen LogP contribution in [0.1, 0.15) is 12.8 Å². The molecule has 0 unspecified atom stereocenters. The smallest absolute Gasteiger partial charge is 0.380 e. The second-order valence-corrected chi connectivity index (χ2v) is 4.91. The zero-order valence-corrected chi connectivity index (χ0v) is 10.4. The first-order valence-corrected chi connectivity index (χ1v) is 5.98. The maximum Gasteiger partial charge on any atom is 0.417 e. The van der Waals surface area contributed by atoms with Gasteiger partial charge in [-0.3, -0.25) is 4.90 Å². The van der Waals surface area contributed by atoms with E-state index in [2.05, 4.69) is 4.98 Å². The van der Waals surface area contributed by atoms with Gasteiger partial charge >= 0.3 is 6.18 Å². The number of rotatable bonds is 2. The predicted octanol–water partition coefficient (Wildman–Crippen LogP) is 1.89. The quantitative estimate of drug-likeness (QED) is 0.814. The van der Waals surface area contributed by atoms with Crippen molar-refractivity contribution in [3.63, 3.8) is 0 Å². The van der Waals surface area contributed by atoms with Gasteiger partial charge < -0.3 is 14.7 Å². The Morgan fingerprint density at radius 3 is 2.44 bits per heavy atom. The van der Waals surface area contributed by atoms with E-state index in [-0.39, 0.29) is 25.9 Å². The Balaban J connectivity index is 1.95. The molecule has 2 N–H and O–H groups in total. The predicted molar refractivity (Wildman–Crippen MR) is 61.4 cm³/mol. The van der Waals surface area contributed by atoms with Gasteiger partial charge in [0.25, 0.3) is 0 Å². The number of nitrogens with zero attached hydrogens (tertiary/aromatic N) is 2. The summed E-state index contributed by atoms with van der Waals surface area (Å²) in [6.45, 7) is 0.836. The molecule has 8 heteroatoms. The summed E-state index contributed by atoms with van der Waals surface area (Å²) in [6.07, 6.45) is -1.72. The van der Waals surface area contributed by atoms with Crippen molar-refractivity contribution in [3.8, 4) is 0 Å². The fraction of sp³-hybridized carbons (Fsp3) is 0.700. The minimum absolute atomic E-state index is 0.197. The summed E-state index contributed by atoms with van der Waals surface area (Å²) in [5, 5.41) is 9.52. The molecule has 1 fully saturated rings. The summed E-state index contributed by atoms with van der Waals surface area (Å²) in [5.41, 5.74) is -2.54. The summed E-state index contributed by atoms with van der Waals surface area (Å²) in [7, 11) is 0. The fourth-order valence-electron chi connectivity index (χ4n) is 2.02. The van der Waals surface area contributed by atoms with E-state index in [0.29, 0.717) is 11.4 Å². The molecular weight excluding hydrogens is 267 g/mol. The molecule has 1 saturated heterocycles. The van der Waals surface area contributed by atoms with Crippen LogP contribution in [0.3, 0.4) is 0 Å². The molecule has 0 amide bonds. The Bertz CT molecular complexity index is 459. The van der Waals surface area contributed by atoms with Gasteiger partial charge in [0.1, 0.15) is 0 Å². The minimum Gasteiger partial charge on any atom is -0.380 e. The van der Waals surface area contributed by atoms with E-state index in [0.717, 1.165) is 0 Å². The molecule has 0 atom stereocenters. The molecule has 0 aromatic carbocycles. The first kappa shape index (κ1) is 13.6. The lowest BCUT2D eigenvalue weighted by atomic mass is 9.91. The SMILES string of the molecule is OC1(C(F)(F)F)CCN(Cn2cc[nH]c2=S)CC1. The van der Waals surface area contributed by atoms with Crippen LogP contribution in [0.25, 0.3) is 0 Å². The molecule has 1 aromatic heterocycles. The van der Waals surface area contributed by atoms with E-state index < -0.39 is 11.8 Å². The van der Waals surface area contributed by atoms with Gasteiger partial charge in [0.05, 0.1) is 6.67 Å². The maximum absolute atomic E-state index is 12.6. The molecule has 2 rings (SSSR count).